The fourth-order valence-electron chi connectivity index (χ4n) is 4.71. The number of hydrogen-bond acceptors (Lipinski definition) is 5. The molecule has 0 bridgehead atoms. The lowest BCUT2D eigenvalue weighted by Crippen LogP contribution is -2.72. The lowest BCUT2D eigenvalue weighted by atomic mass is 10.0. The van der Waals surface area contributed by atoms with Gasteiger partial charge in [-0.25, -0.2) is 4.79 Å². The highest BCUT2D eigenvalue weighted by molar-refractivity contribution is 6.30. The van der Waals surface area contributed by atoms with E-state index in [1.165, 1.54) is 9.80 Å². The van der Waals surface area contributed by atoms with Crippen molar-refractivity contribution in [2.75, 3.05) is 19.6 Å². The van der Waals surface area contributed by atoms with Crippen molar-refractivity contribution >= 4 is 29.5 Å². The van der Waals surface area contributed by atoms with Crippen molar-refractivity contribution in [3.05, 3.63) is 69.7 Å². The molecule has 0 spiro atoms. The molecule has 2 aliphatic rings. The van der Waals surface area contributed by atoms with Crippen molar-refractivity contribution in [3.8, 4) is 0 Å². The van der Waals surface area contributed by atoms with Gasteiger partial charge in [0.1, 0.15) is 18.8 Å². The number of carbonyl (C=O) groups excluding carboxylic acids is 3. The molecule has 2 aliphatic heterocycles. The van der Waals surface area contributed by atoms with Gasteiger partial charge < -0.3 is 20.3 Å². The highest BCUT2D eigenvalue weighted by Gasteiger charge is 2.48. The predicted octanol–water partition coefficient (Wildman–Crippen LogP) is 4.24. The van der Waals surface area contributed by atoms with Gasteiger partial charge in [0.25, 0.3) is 0 Å². The molecule has 216 valence electrons. The first-order chi connectivity index (χ1) is 18.7. The molecule has 0 aliphatic carbocycles. The third kappa shape index (κ3) is 6.28. The van der Waals surface area contributed by atoms with Gasteiger partial charge in [-0.2, -0.15) is 26.3 Å². The van der Waals surface area contributed by atoms with Crippen LogP contribution < -0.4 is 5.73 Å². The molecule has 2 heterocycles. The Balaban J connectivity index is 1.55. The van der Waals surface area contributed by atoms with E-state index in [1.54, 1.807) is 24.3 Å². The molecule has 15 heteroatoms. The Hall–Kier alpha value is -3.52. The number of carbonyl (C=O) groups is 3. The quantitative estimate of drug-likeness (QED) is 0.524. The standard InChI is InChI=1S/C25H23ClF6N4O4/c26-18-3-1-14(2-4-18)11-34-12-20-35(6-5-21(37)36(20)19(10-33)22(34)38)23(39)40-13-15-7-16(24(27,28)29)9-17(8-15)25(30,31)32/h1-4,7-9,19-20H,5-6,10-13,33H2/t19-,20+/m0/s1. The number of fused-ring (bicyclic) bond motifs is 1. The molecule has 2 saturated heterocycles. The summed E-state index contributed by atoms with van der Waals surface area (Å²) >= 11 is 5.91. The van der Waals surface area contributed by atoms with E-state index in [2.05, 4.69) is 0 Å². The minimum Gasteiger partial charge on any atom is -0.444 e. The summed E-state index contributed by atoms with van der Waals surface area (Å²) in [6.07, 6.45) is -12.4. The van der Waals surface area contributed by atoms with Crippen LogP contribution in [0.1, 0.15) is 28.7 Å². The van der Waals surface area contributed by atoms with E-state index in [0.717, 1.165) is 4.90 Å². The van der Waals surface area contributed by atoms with Crippen molar-refractivity contribution in [1.29, 1.82) is 0 Å². The van der Waals surface area contributed by atoms with Gasteiger partial charge >= 0.3 is 18.4 Å². The van der Waals surface area contributed by atoms with Gasteiger partial charge in [-0.1, -0.05) is 23.7 Å². The number of alkyl halides is 6. The fourth-order valence-corrected chi connectivity index (χ4v) is 4.83. The number of ether oxygens (including phenoxy) is 1. The molecule has 0 unspecified atom stereocenters. The first kappa shape index (κ1) is 29.5. The Kier molecular flexibility index (Phi) is 8.22. The number of halogens is 7. The average molecular weight is 593 g/mol. The van der Waals surface area contributed by atoms with Gasteiger partial charge in [0.05, 0.1) is 17.7 Å². The van der Waals surface area contributed by atoms with Crippen LogP contribution in [0, 0.1) is 0 Å². The molecule has 4 rings (SSSR count). The number of nitrogens with two attached hydrogens (primary N) is 1. The summed E-state index contributed by atoms with van der Waals surface area (Å²) in [6, 6.07) is 6.46. The predicted molar refractivity (Wildman–Crippen MR) is 128 cm³/mol. The highest BCUT2D eigenvalue weighted by atomic mass is 35.5. The third-order valence-corrected chi connectivity index (χ3v) is 6.86. The Labute approximate surface area is 229 Å². The van der Waals surface area contributed by atoms with Crippen molar-refractivity contribution in [2.24, 2.45) is 5.73 Å². The maximum absolute atomic E-state index is 13.2. The Morgan fingerprint density at radius 1 is 0.975 bits per heavy atom. The maximum atomic E-state index is 13.2. The fraction of sp³-hybridized carbons (Fsp3) is 0.400. The molecular formula is C25H23ClF6N4O4. The first-order valence-corrected chi connectivity index (χ1v) is 12.3. The summed E-state index contributed by atoms with van der Waals surface area (Å²) in [7, 11) is 0. The molecule has 0 aromatic heterocycles. The average Bonchev–Trinajstić information content (AvgIpc) is 2.88. The van der Waals surface area contributed by atoms with Gasteiger partial charge in [-0.3, -0.25) is 14.5 Å². The topological polar surface area (TPSA) is 96.2 Å². The van der Waals surface area contributed by atoms with Gasteiger partial charge in [0.2, 0.25) is 11.8 Å². The van der Waals surface area contributed by atoms with Gasteiger partial charge in [0, 0.05) is 31.1 Å². The van der Waals surface area contributed by atoms with Crippen LogP contribution >= 0.6 is 11.6 Å². The number of benzene rings is 2. The summed E-state index contributed by atoms with van der Waals surface area (Å²) in [5.41, 5.74) is 2.91. The zero-order valence-electron chi connectivity index (χ0n) is 20.6. The van der Waals surface area contributed by atoms with Crippen LogP contribution in [-0.4, -0.2) is 64.4 Å². The van der Waals surface area contributed by atoms with Crippen molar-refractivity contribution in [1.82, 2.24) is 14.7 Å². The Morgan fingerprint density at radius 2 is 1.57 bits per heavy atom. The summed E-state index contributed by atoms with van der Waals surface area (Å²) in [6.45, 7) is -1.29. The van der Waals surface area contributed by atoms with Gasteiger partial charge in [-0.05, 0) is 41.5 Å². The largest absolute Gasteiger partial charge is 0.444 e. The zero-order chi connectivity index (χ0) is 29.4. The zero-order valence-corrected chi connectivity index (χ0v) is 21.4. The van der Waals surface area contributed by atoms with Crippen LogP contribution in [0.5, 0.6) is 0 Å². The minimum atomic E-state index is -5.06. The molecule has 2 fully saturated rings. The van der Waals surface area contributed by atoms with Gasteiger partial charge in [-0.15, -0.1) is 0 Å². The Morgan fingerprint density at radius 3 is 2.12 bits per heavy atom. The second kappa shape index (κ2) is 11.2. The van der Waals surface area contributed by atoms with Crippen LogP contribution in [-0.2, 0) is 39.8 Å². The van der Waals surface area contributed by atoms with E-state index in [9.17, 15) is 40.7 Å². The molecule has 2 aromatic rings. The normalized spacial score (nSPS) is 20.1. The van der Waals surface area contributed by atoms with Crippen molar-refractivity contribution < 1.29 is 45.5 Å². The van der Waals surface area contributed by atoms with Crippen LogP contribution in [0.3, 0.4) is 0 Å². The van der Waals surface area contributed by atoms with E-state index in [0.29, 0.717) is 22.7 Å². The molecular weight excluding hydrogens is 570 g/mol. The third-order valence-electron chi connectivity index (χ3n) is 6.61. The molecule has 0 saturated carbocycles. The molecule has 0 radical (unpaired) electrons. The second-order valence-electron chi connectivity index (χ2n) is 9.29. The maximum Gasteiger partial charge on any atom is 0.416 e. The van der Waals surface area contributed by atoms with Crippen LogP contribution in [0.2, 0.25) is 5.02 Å². The summed E-state index contributed by atoms with van der Waals surface area (Å²) in [4.78, 5) is 42.6. The van der Waals surface area contributed by atoms with E-state index in [1.807, 2.05) is 0 Å². The summed E-state index contributed by atoms with van der Waals surface area (Å²) < 4.78 is 84.3. The Bertz CT molecular complexity index is 1260. The first-order valence-electron chi connectivity index (χ1n) is 11.9. The summed E-state index contributed by atoms with van der Waals surface area (Å²) in [5.74, 6) is -0.877. The molecule has 8 nitrogen and oxygen atoms in total. The van der Waals surface area contributed by atoms with Crippen LogP contribution in [0.15, 0.2) is 42.5 Å². The van der Waals surface area contributed by atoms with Crippen LogP contribution in [0.25, 0.3) is 0 Å². The minimum absolute atomic E-state index is 0.0271. The summed E-state index contributed by atoms with van der Waals surface area (Å²) in [5, 5.41) is 0.481. The lowest BCUT2D eigenvalue weighted by molar-refractivity contribution is -0.167. The van der Waals surface area contributed by atoms with E-state index in [4.69, 9.17) is 22.1 Å². The molecule has 2 atom stereocenters. The van der Waals surface area contributed by atoms with Gasteiger partial charge in [0.15, 0.2) is 0 Å². The van der Waals surface area contributed by atoms with Crippen molar-refractivity contribution in [3.63, 3.8) is 0 Å². The van der Waals surface area contributed by atoms with E-state index < -0.39 is 65.8 Å². The number of nitrogens with zero attached hydrogens (tertiary/aromatic N) is 3. The molecule has 2 aromatic carbocycles. The monoisotopic (exact) mass is 592 g/mol. The van der Waals surface area contributed by atoms with E-state index in [-0.39, 0.29) is 38.7 Å². The van der Waals surface area contributed by atoms with E-state index >= 15 is 0 Å². The SMILES string of the molecule is NC[C@H]1C(=O)N(Cc2ccc(Cl)cc2)C[C@@H]2N(C(=O)OCc3cc(C(F)(F)F)cc(C(F)(F)F)c3)CCC(=O)N21. The number of hydrogen-bond donors (Lipinski definition) is 1. The van der Waals surface area contributed by atoms with Crippen LogP contribution in [0.4, 0.5) is 31.1 Å². The molecule has 3 amide bonds. The number of rotatable bonds is 5. The van der Waals surface area contributed by atoms with Crippen molar-refractivity contribution in [2.45, 2.75) is 44.1 Å². The number of piperazine rings is 1. The lowest BCUT2D eigenvalue weighted by Gasteiger charge is -2.51. The number of amides is 3. The second-order valence-corrected chi connectivity index (χ2v) is 9.73. The molecule has 2 N–H and O–H groups in total. The molecule has 40 heavy (non-hydrogen) atoms. The smallest absolute Gasteiger partial charge is 0.416 e. The highest BCUT2D eigenvalue weighted by Crippen LogP contribution is 2.36.